The van der Waals surface area contributed by atoms with Crippen LogP contribution in [0.4, 0.5) is 11.4 Å². The Kier molecular flexibility index (Phi) is 3.96. The van der Waals surface area contributed by atoms with E-state index in [1.54, 1.807) is 0 Å². The van der Waals surface area contributed by atoms with Crippen molar-refractivity contribution in [2.75, 3.05) is 11.6 Å². The molecule has 20 heavy (non-hydrogen) atoms. The van der Waals surface area contributed by atoms with Gasteiger partial charge in [-0.05, 0) is 31.4 Å². The Morgan fingerprint density at radius 3 is 2.60 bits per heavy atom. The van der Waals surface area contributed by atoms with E-state index in [1.807, 2.05) is 0 Å². The highest BCUT2D eigenvalue weighted by Gasteiger charge is 2.30. The highest BCUT2D eigenvalue weighted by Crippen LogP contribution is 2.34. The van der Waals surface area contributed by atoms with Gasteiger partial charge in [-0.25, -0.2) is 8.42 Å². The standard InChI is InChI=1S/C12H17N3O4S/c1-20(18,19)11-7-3-6-10(12(11)15(16)17)14-9-5-2-4-8(9)13/h3,6-9,14H,2,4-5,13H2,1H3. The van der Waals surface area contributed by atoms with Gasteiger partial charge in [0.05, 0.1) is 4.92 Å². The Balaban J connectivity index is 2.45. The lowest BCUT2D eigenvalue weighted by Gasteiger charge is -2.19. The molecule has 1 saturated carbocycles. The second kappa shape index (κ2) is 5.37. The Bertz CT molecular complexity index is 630. The van der Waals surface area contributed by atoms with Crippen LogP contribution in [0.2, 0.25) is 0 Å². The molecular formula is C12H17N3O4S. The third kappa shape index (κ3) is 2.91. The van der Waals surface area contributed by atoms with E-state index < -0.39 is 20.4 Å². The van der Waals surface area contributed by atoms with Crippen molar-refractivity contribution >= 4 is 21.2 Å². The smallest absolute Gasteiger partial charge is 0.310 e. The molecule has 0 amide bonds. The topological polar surface area (TPSA) is 115 Å². The minimum absolute atomic E-state index is 0.0662. The minimum Gasteiger partial charge on any atom is -0.375 e. The maximum absolute atomic E-state index is 11.7. The van der Waals surface area contributed by atoms with Gasteiger partial charge in [0.1, 0.15) is 10.6 Å². The van der Waals surface area contributed by atoms with Crippen molar-refractivity contribution in [3.05, 3.63) is 28.3 Å². The van der Waals surface area contributed by atoms with Crippen LogP contribution in [0, 0.1) is 10.1 Å². The quantitative estimate of drug-likeness (QED) is 0.639. The zero-order valence-electron chi connectivity index (χ0n) is 11.1. The highest BCUT2D eigenvalue weighted by molar-refractivity contribution is 7.90. The number of nitro benzene ring substituents is 1. The summed E-state index contributed by atoms with van der Waals surface area (Å²) < 4.78 is 23.3. The van der Waals surface area contributed by atoms with Gasteiger partial charge in [-0.1, -0.05) is 6.07 Å². The average molecular weight is 299 g/mol. The number of rotatable bonds is 4. The van der Waals surface area contributed by atoms with Crippen LogP contribution in [0.1, 0.15) is 19.3 Å². The molecule has 2 unspecified atom stereocenters. The van der Waals surface area contributed by atoms with Gasteiger partial charge in [0.25, 0.3) is 0 Å². The molecule has 2 atom stereocenters. The number of nitrogens with zero attached hydrogens (tertiary/aromatic N) is 1. The molecule has 1 fully saturated rings. The molecular weight excluding hydrogens is 282 g/mol. The Labute approximate surface area is 117 Å². The number of hydrogen-bond acceptors (Lipinski definition) is 6. The SMILES string of the molecule is CS(=O)(=O)c1cccc(NC2CCCC2N)c1[N+](=O)[O-]. The highest BCUT2D eigenvalue weighted by atomic mass is 32.2. The second-order valence-corrected chi connectivity index (χ2v) is 7.01. The lowest BCUT2D eigenvalue weighted by atomic mass is 10.1. The summed E-state index contributed by atoms with van der Waals surface area (Å²) in [6.45, 7) is 0. The summed E-state index contributed by atoms with van der Waals surface area (Å²) in [5.74, 6) is 0. The number of hydrogen-bond donors (Lipinski definition) is 2. The average Bonchev–Trinajstić information content (AvgIpc) is 2.73. The van der Waals surface area contributed by atoms with Gasteiger partial charge < -0.3 is 11.1 Å². The zero-order chi connectivity index (χ0) is 14.9. The first-order valence-electron chi connectivity index (χ1n) is 6.30. The maximum atomic E-state index is 11.7. The van der Waals surface area contributed by atoms with Crippen LogP contribution in [0.3, 0.4) is 0 Å². The third-order valence-electron chi connectivity index (χ3n) is 3.49. The van der Waals surface area contributed by atoms with Crippen molar-refractivity contribution < 1.29 is 13.3 Å². The summed E-state index contributed by atoms with van der Waals surface area (Å²) in [5, 5.41) is 14.2. The number of benzene rings is 1. The molecule has 0 bridgehead atoms. The molecule has 0 heterocycles. The number of anilines is 1. The van der Waals surface area contributed by atoms with E-state index in [4.69, 9.17) is 5.73 Å². The van der Waals surface area contributed by atoms with E-state index in [1.165, 1.54) is 18.2 Å². The number of sulfone groups is 1. The molecule has 1 aromatic rings. The molecule has 110 valence electrons. The zero-order valence-corrected chi connectivity index (χ0v) is 11.9. The van der Waals surface area contributed by atoms with Gasteiger partial charge in [-0.2, -0.15) is 0 Å². The summed E-state index contributed by atoms with van der Waals surface area (Å²) in [5.41, 5.74) is 5.73. The monoisotopic (exact) mass is 299 g/mol. The van der Waals surface area contributed by atoms with Crippen LogP contribution < -0.4 is 11.1 Å². The van der Waals surface area contributed by atoms with Gasteiger partial charge in [-0.3, -0.25) is 10.1 Å². The predicted octanol–water partition coefficient (Wildman–Crippen LogP) is 1.29. The molecule has 3 N–H and O–H groups in total. The lowest BCUT2D eigenvalue weighted by molar-refractivity contribution is -0.386. The van der Waals surface area contributed by atoms with Crippen molar-refractivity contribution in [3.8, 4) is 0 Å². The Morgan fingerprint density at radius 1 is 1.40 bits per heavy atom. The third-order valence-corrected chi connectivity index (χ3v) is 4.62. The van der Waals surface area contributed by atoms with Crippen molar-refractivity contribution in [2.24, 2.45) is 5.73 Å². The van der Waals surface area contributed by atoms with Crippen LogP contribution in [-0.4, -0.2) is 31.7 Å². The van der Waals surface area contributed by atoms with E-state index >= 15 is 0 Å². The van der Waals surface area contributed by atoms with Gasteiger partial charge >= 0.3 is 5.69 Å². The van der Waals surface area contributed by atoms with Crippen LogP contribution in [-0.2, 0) is 9.84 Å². The Hall–Kier alpha value is -1.67. The first-order valence-corrected chi connectivity index (χ1v) is 8.19. The number of para-hydroxylation sites is 1. The van der Waals surface area contributed by atoms with Crippen molar-refractivity contribution in [2.45, 2.75) is 36.2 Å². The summed E-state index contributed by atoms with van der Waals surface area (Å²) in [6.07, 6.45) is 3.59. The fourth-order valence-corrected chi connectivity index (χ4v) is 3.36. The van der Waals surface area contributed by atoms with Crippen LogP contribution in [0.25, 0.3) is 0 Å². The number of nitro groups is 1. The van der Waals surface area contributed by atoms with E-state index in [0.29, 0.717) is 0 Å². The molecule has 1 aliphatic rings. The predicted molar refractivity (Wildman–Crippen MR) is 75.4 cm³/mol. The fourth-order valence-electron chi connectivity index (χ4n) is 2.49. The van der Waals surface area contributed by atoms with E-state index in [-0.39, 0.29) is 22.7 Å². The van der Waals surface area contributed by atoms with E-state index in [9.17, 15) is 18.5 Å². The maximum Gasteiger partial charge on any atom is 0.310 e. The number of nitrogens with one attached hydrogen (secondary N) is 1. The molecule has 2 rings (SSSR count). The molecule has 0 spiro atoms. The van der Waals surface area contributed by atoms with Gasteiger partial charge in [0.15, 0.2) is 9.84 Å². The van der Waals surface area contributed by atoms with E-state index in [2.05, 4.69) is 5.32 Å². The molecule has 8 heteroatoms. The summed E-state index contributed by atoms with van der Waals surface area (Å²) >= 11 is 0. The summed E-state index contributed by atoms with van der Waals surface area (Å²) in [4.78, 5) is 10.3. The van der Waals surface area contributed by atoms with Crippen LogP contribution >= 0.6 is 0 Å². The van der Waals surface area contributed by atoms with Gasteiger partial charge in [-0.15, -0.1) is 0 Å². The molecule has 0 aromatic heterocycles. The minimum atomic E-state index is -3.66. The number of nitrogens with two attached hydrogens (primary N) is 1. The first-order chi connectivity index (χ1) is 9.30. The Morgan fingerprint density at radius 2 is 2.10 bits per heavy atom. The van der Waals surface area contributed by atoms with Crippen LogP contribution in [0.5, 0.6) is 0 Å². The summed E-state index contributed by atoms with van der Waals surface area (Å²) in [7, 11) is -3.66. The molecule has 1 aliphatic carbocycles. The van der Waals surface area contributed by atoms with Crippen LogP contribution in [0.15, 0.2) is 23.1 Å². The van der Waals surface area contributed by atoms with E-state index in [0.717, 1.165) is 25.5 Å². The summed E-state index contributed by atoms with van der Waals surface area (Å²) in [6, 6.07) is 4.11. The lowest BCUT2D eigenvalue weighted by Crippen LogP contribution is -2.35. The molecule has 0 saturated heterocycles. The van der Waals surface area contributed by atoms with Crippen molar-refractivity contribution in [1.29, 1.82) is 0 Å². The van der Waals surface area contributed by atoms with Crippen molar-refractivity contribution in [3.63, 3.8) is 0 Å². The largest absolute Gasteiger partial charge is 0.375 e. The molecule has 0 aliphatic heterocycles. The molecule has 7 nitrogen and oxygen atoms in total. The normalized spacial score (nSPS) is 22.7. The molecule has 1 aromatic carbocycles. The fraction of sp³-hybridized carbons (Fsp3) is 0.500. The van der Waals surface area contributed by atoms with Gasteiger partial charge in [0, 0.05) is 18.3 Å². The van der Waals surface area contributed by atoms with Crippen molar-refractivity contribution in [1.82, 2.24) is 0 Å². The molecule has 0 radical (unpaired) electrons. The first kappa shape index (κ1) is 14.7. The van der Waals surface area contributed by atoms with Gasteiger partial charge in [0.2, 0.25) is 0 Å². The second-order valence-electron chi connectivity index (χ2n) is 5.03.